The molecule has 1 aliphatic heterocycles. The van der Waals surface area contributed by atoms with Gasteiger partial charge in [0.2, 0.25) is 11.8 Å². The summed E-state index contributed by atoms with van der Waals surface area (Å²) in [7, 11) is 0. The number of imidazole rings is 1. The van der Waals surface area contributed by atoms with E-state index in [4.69, 9.17) is 4.74 Å². The first-order valence-corrected chi connectivity index (χ1v) is 9.85. The molecular formula is C20H19N3O3S. The van der Waals surface area contributed by atoms with Crippen LogP contribution in [0.4, 0.5) is 5.69 Å². The predicted octanol–water partition coefficient (Wildman–Crippen LogP) is 3.53. The van der Waals surface area contributed by atoms with E-state index in [1.54, 1.807) is 18.2 Å². The minimum atomic E-state index is -0.401. The summed E-state index contributed by atoms with van der Waals surface area (Å²) in [4.78, 5) is 34.3. The van der Waals surface area contributed by atoms with Gasteiger partial charge in [-0.25, -0.2) is 9.88 Å². The van der Waals surface area contributed by atoms with Crippen molar-refractivity contribution in [2.45, 2.75) is 24.3 Å². The summed E-state index contributed by atoms with van der Waals surface area (Å²) < 4.78 is 5.47. The summed E-state index contributed by atoms with van der Waals surface area (Å²) in [5.74, 6) is 1.63. The van der Waals surface area contributed by atoms with Crippen LogP contribution in [0.25, 0.3) is 11.0 Å². The monoisotopic (exact) mass is 381 g/mol. The third-order valence-corrected chi connectivity index (χ3v) is 5.56. The number of nitrogens with one attached hydrogen (secondary N) is 1. The van der Waals surface area contributed by atoms with Crippen LogP contribution in [0.5, 0.6) is 5.75 Å². The Morgan fingerprint density at radius 3 is 2.89 bits per heavy atom. The van der Waals surface area contributed by atoms with Crippen molar-refractivity contribution < 1.29 is 14.3 Å². The SMILES string of the molecule is CCOc1cccc(N2C(=O)C[C@H](SCc3nc4ccccc4[nH]3)C2=O)c1. The summed E-state index contributed by atoms with van der Waals surface area (Å²) in [5, 5.41) is -0.401. The number of aromatic amines is 1. The van der Waals surface area contributed by atoms with E-state index in [0.717, 1.165) is 16.9 Å². The Morgan fingerprint density at radius 1 is 1.22 bits per heavy atom. The first-order chi connectivity index (χ1) is 13.2. The molecule has 1 N–H and O–H groups in total. The van der Waals surface area contributed by atoms with Crippen molar-refractivity contribution in [3.05, 3.63) is 54.4 Å². The van der Waals surface area contributed by atoms with E-state index >= 15 is 0 Å². The van der Waals surface area contributed by atoms with Gasteiger partial charge in [0.25, 0.3) is 0 Å². The molecule has 0 spiro atoms. The summed E-state index contributed by atoms with van der Waals surface area (Å²) in [6.45, 7) is 2.42. The Bertz CT molecular complexity index is 968. The maximum atomic E-state index is 12.8. The summed E-state index contributed by atoms with van der Waals surface area (Å²) >= 11 is 1.44. The molecule has 27 heavy (non-hydrogen) atoms. The van der Waals surface area contributed by atoms with Crippen molar-refractivity contribution in [3.8, 4) is 5.75 Å². The Kier molecular flexibility index (Phi) is 4.85. The molecule has 6 nitrogen and oxygen atoms in total. The van der Waals surface area contributed by atoms with E-state index in [1.165, 1.54) is 16.7 Å². The molecule has 1 saturated heterocycles. The standard InChI is InChI=1S/C20H19N3O3S/c1-2-26-14-7-5-6-13(10-14)23-19(24)11-17(20(23)25)27-12-18-21-15-8-3-4-9-16(15)22-18/h3-10,17H,2,11-12H2,1H3,(H,21,22)/t17-/m0/s1. The van der Waals surface area contributed by atoms with Gasteiger partial charge in [-0.05, 0) is 31.2 Å². The number of carbonyl (C=O) groups excluding carboxylic acids is 2. The zero-order chi connectivity index (χ0) is 18.8. The molecular weight excluding hydrogens is 362 g/mol. The summed E-state index contributed by atoms with van der Waals surface area (Å²) in [5.41, 5.74) is 2.43. The van der Waals surface area contributed by atoms with Crippen LogP contribution in [-0.2, 0) is 15.3 Å². The minimum Gasteiger partial charge on any atom is -0.494 e. The molecule has 1 atom stereocenters. The number of anilines is 1. The van der Waals surface area contributed by atoms with Gasteiger partial charge < -0.3 is 9.72 Å². The van der Waals surface area contributed by atoms with E-state index in [2.05, 4.69) is 9.97 Å². The lowest BCUT2D eigenvalue weighted by Crippen LogP contribution is -2.31. The lowest BCUT2D eigenvalue weighted by molar-refractivity contribution is -0.121. The zero-order valence-electron chi connectivity index (χ0n) is 14.8. The molecule has 3 aromatic rings. The smallest absolute Gasteiger partial charge is 0.247 e. The fraction of sp³-hybridized carbons (Fsp3) is 0.250. The van der Waals surface area contributed by atoms with Gasteiger partial charge in [-0.15, -0.1) is 11.8 Å². The van der Waals surface area contributed by atoms with Crippen molar-refractivity contribution in [1.29, 1.82) is 0 Å². The number of benzene rings is 2. The highest BCUT2D eigenvalue weighted by Gasteiger charge is 2.40. The van der Waals surface area contributed by atoms with Crippen molar-refractivity contribution >= 4 is 40.3 Å². The van der Waals surface area contributed by atoms with Crippen molar-refractivity contribution in [2.24, 2.45) is 0 Å². The first kappa shape index (κ1) is 17.6. The van der Waals surface area contributed by atoms with Gasteiger partial charge in [-0.1, -0.05) is 18.2 Å². The molecule has 0 aliphatic carbocycles. The highest BCUT2D eigenvalue weighted by atomic mass is 32.2. The second-order valence-corrected chi connectivity index (χ2v) is 7.39. The van der Waals surface area contributed by atoms with Crippen LogP contribution in [0.3, 0.4) is 0 Å². The van der Waals surface area contributed by atoms with Gasteiger partial charge in [0.1, 0.15) is 11.6 Å². The second-order valence-electron chi connectivity index (χ2n) is 6.20. The number of hydrogen-bond acceptors (Lipinski definition) is 5. The number of aromatic nitrogens is 2. The van der Waals surface area contributed by atoms with Crippen LogP contribution in [0.15, 0.2) is 48.5 Å². The number of rotatable bonds is 6. The molecule has 7 heteroatoms. The number of thioether (sulfide) groups is 1. The number of fused-ring (bicyclic) bond motifs is 1. The highest BCUT2D eigenvalue weighted by Crippen LogP contribution is 2.32. The average molecular weight is 381 g/mol. The lowest BCUT2D eigenvalue weighted by Gasteiger charge is -2.16. The number of imide groups is 1. The number of nitrogens with zero attached hydrogens (tertiary/aromatic N) is 2. The molecule has 1 fully saturated rings. The van der Waals surface area contributed by atoms with Crippen LogP contribution in [-0.4, -0.2) is 33.6 Å². The van der Waals surface area contributed by atoms with E-state index in [-0.39, 0.29) is 18.2 Å². The van der Waals surface area contributed by atoms with Crippen molar-refractivity contribution in [1.82, 2.24) is 9.97 Å². The topological polar surface area (TPSA) is 75.3 Å². The Morgan fingerprint density at radius 2 is 2.07 bits per heavy atom. The molecule has 0 saturated carbocycles. The Hall–Kier alpha value is -2.80. The molecule has 2 aromatic carbocycles. The van der Waals surface area contributed by atoms with E-state index < -0.39 is 5.25 Å². The number of ether oxygens (including phenoxy) is 1. The molecule has 0 radical (unpaired) electrons. The quantitative estimate of drug-likeness (QED) is 0.661. The zero-order valence-corrected chi connectivity index (χ0v) is 15.7. The maximum absolute atomic E-state index is 12.8. The Labute approximate surface area is 160 Å². The molecule has 138 valence electrons. The Balaban J connectivity index is 1.46. The number of para-hydroxylation sites is 2. The molecule has 2 amide bonds. The molecule has 1 aliphatic rings. The van der Waals surface area contributed by atoms with E-state index in [9.17, 15) is 9.59 Å². The van der Waals surface area contributed by atoms with Crippen LogP contribution in [0, 0.1) is 0 Å². The lowest BCUT2D eigenvalue weighted by atomic mass is 10.3. The number of amides is 2. The van der Waals surface area contributed by atoms with E-state index in [0.29, 0.717) is 23.8 Å². The predicted molar refractivity (Wildman–Crippen MR) is 106 cm³/mol. The van der Waals surface area contributed by atoms with Crippen molar-refractivity contribution in [3.63, 3.8) is 0 Å². The van der Waals surface area contributed by atoms with Gasteiger partial charge in [0.15, 0.2) is 0 Å². The second kappa shape index (κ2) is 7.44. The number of carbonyl (C=O) groups is 2. The number of H-pyrrole nitrogens is 1. The first-order valence-electron chi connectivity index (χ1n) is 8.80. The average Bonchev–Trinajstić information content (AvgIpc) is 3.20. The molecule has 4 rings (SSSR count). The van der Waals surface area contributed by atoms with Crippen LogP contribution < -0.4 is 9.64 Å². The molecule has 0 unspecified atom stereocenters. The number of hydrogen-bond donors (Lipinski definition) is 1. The third kappa shape index (κ3) is 3.55. The van der Waals surface area contributed by atoms with Gasteiger partial charge in [-0.3, -0.25) is 9.59 Å². The third-order valence-electron chi connectivity index (χ3n) is 4.35. The fourth-order valence-corrected chi connectivity index (χ4v) is 4.14. The maximum Gasteiger partial charge on any atom is 0.247 e. The molecule has 0 bridgehead atoms. The van der Waals surface area contributed by atoms with Gasteiger partial charge >= 0.3 is 0 Å². The van der Waals surface area contributed by atoms with Crippen molar-refractivity contribution in [2.75, 3.05) is 11.5 Å². The van der Waals surface area contributed by atoms with E-state index in [1.807, 2.05) is 37.3 Å². The van der Waals surface area contributed by atoms with Gasteiger partial charge in [0.05, 0.1) is 34.3 Å². The minimum absolute atomic E-state index is 0.184. The van der Waals surface area contributed by atoms with Gasteiger partial charge in [-0.2, -0.15) is 0 Å². The fourth-order valence-electron chi connectivity index (χ4n) is 3.14. The van der Waals surface area contributed by atoms with Gasteiger partial charge in [0, 0.05) is 12.5 Å². The molecule has 1 aromatic heterocycles. The van der Waals surface area contributed by atoms with Crippen LogP contribution in [0.1, 0.15) is 19.2 Å². The normalized spacial score (nSPS) is 17.1. The summed E-state index contributed by atoms with van der Waals surface area (Å²) in [6.07, 6.45) is 0.197. The summed E-state index contributed by atoms with van der Waals surface area (Å²) in [6, 6.07) is 14.9. The largest absolute Gasteiger partial charge is 0.494 e. The highest BCUT2D eigenvalue weighted by molar-refractivity contribution is 7.99. The van der Waals surface area contributed by atoms with Crippen LogP contribution >= 0.6 is 11.8 Å². The molecule has 2 heterocycles. The van der Waals surface area contributed by atoms with Crippen LogP contribution in [0.2, 0.25) is 0 Å².